The lowest BCUT2D eigenvalue weighted by Crippen LogP contribution is -2.45. The molecule has 2 rings (SSSR count). The Morgan fingerprint density at radius 1 is 1.44 bits per heavy atom. The molecule has 4 nitrogen and oxygen atoms in total. The number of fused-ring (bicyclic) bond motifs is 1. The number of aryl methyl sites for hydroxylation is 1. The van der Waals surface area contributed by atoms with Crippen LogP contribution in [0, 0.1) is 0 Å². The first-order valence-electron chi connectivity index (χ1n) is 6.90. The topological polar surface area (TPSA) is 41.3 Å². The molecule has 1 aromatic heterocycles. The molecule has 0 aliphatic carbocycles. The fraction of sp³-hybridized carbons (Fsp3) is 0.786. The van der Waals surface area contributed by atoms with Crippen LogP contribution in [-0.2, 0) is 13.0 Å². The van der Waals surface area contributed by atoms with Crippen LogP contribution in [0.3, 0.4) is 0 Å². The summed E-state index contributed by atoms with van der Waals surface area (Å²) in [5, 5.41) is 14.8. The molecule has 1 unspecified atom stereocenters. The van der Waals surface area contributed by atoms with Crippen molar-refractivity contribution in [3.8, 4) is 0 Å². The monoisotopic (exact) mass is 253 g/mol. The van der Waals surface area contributed by atoms with Crippen LogP contribution in [0.4, 0.5) is 0 Å². The summed E-state index contributed by atoms with van der Waals surface area (Å²) < 4.78 is 2.01. The van der Waals surface area contributed by atoms with Crippen molar-refractivity contribution in [1.29, 1.82) is 0 Å². The van der Waals surface area contributed by atoms with Crippen LogP contribution < -0.4 is 0 Å². The van der Waals surface area contributed by atoms with E-state index in [1.165, 1.54) is 5.69 Å². The summed E-state index contributed by atoms with van der Waals surface area (Å²) in [5.41, 5.74) is 1.58. The summed E-state index contributed by atoms with van der Waals surface area (Å²) >= 11 is 0. The first kappa shape index (κ1) is 15.2. The fourth-order valence-electron chi connectivity index (χ4n) is 2.29. The Bertz CT molecular complexity index is 379. The Morgan fingerprint density at radius 3 is 2.56 bits per heavy atom. The van der Waals surface area contributed by atoms with Gasteiger partial charge in [-0.2, -0.15) is 5.10 Å². The van der Waals surface area contributed by atoms with Gasteiger partial charge in [-0.1, -0.05) is 20.8 Å². The summed E-state index contributed by atoms with van der Waals surface area (Å²) in [5.74, 6) is 0. The maximum Gasteiger partial charge on any atom is 0.0930 e. The molecule has 0 bridgehead atoms. The molecule has 0 aromatic carbocycles. The number of aliphatic hydroxyl groups is 1. The van der Waals surface area contributed by atoms with Crippen LogP contribution in [0.25, 0.3) is 0 Å². The molecule has 1 aromatic rings. The molecule has 0 saturated carbocycles. The zero-order valence-corrected chi connectivity index (χ0v) is 12.6. The van der Waals surface area contributed by atoms with E-state index in [1.807, 2.05) is 32.4 Å². The van der Waals surface area contributed by atoms with Gasteiger partial charge in [0.25, 0.3) is 0 Å². The van der Waals surface area contributed by atoms with Crippen LogP contribution in [-0.4, -0.2) is 39.0 Å². The van der Waals surface area contributed by atoms with E-state index >= 15 is 0 Å². The lowest BCUT2D eigenvalue weighted by molar-refractivity contribution is -0.00736. The van der Waals surface area contributed by atoms with Gasteiger partial charge < -0.3 is 5.11 Å². The molecule has 1 N–H and O–H groups in total. The van der Waals surface area contributed by atoms with Crippen LogP contribution in [0.2, 0.25) is 0 Å². The SMILES string of the molecule is CC.CCc1cc2n(n1)C(C(C)(C)O)CN(C)C2. The van der Waals surface area contributed by atoms with Gasteiger partial charge in [0.15, 0.2) is 0 Å². The van der Waals surface area contributed by atoms with Gasteiger partial charge >= 0.3 is 0 Å². The van der Waals surface area contributed by atoms with Crippen LogP contribution >= 0.6 is 0 Å². The highest BCUT2D eigenvalue weighted by Crippen LogP contribution is 2.29. The van der Waals surface area contributed by atoms with E-state index in [2.05, 4.69) is 30.0 Å². The van der Waals surface area contributed by atoms with E-state index in [0.29, 0.717) is 0 Å². The van der Waals surface area contributed by atoms with Crippen LogP contribution in [0.1, 0.15) is 52.0 Å². The average molecular weight is 253 g/mol. The zero-order valence-electron chi connectivity index (χ0n) is 12.6. The largest absolute Gasteiger partial charge is 0.388 e. The van der Waals surface area contributed by atoms with Crippen molar-refractivity contribution >= 4 is 0 Å². The minimum atomic E-state index is -0.736. The van der Waals surface area contributed by atoms with E-state index in [-0.39, 0.29) is 6.04 Å². The lowest BCUT2D eigenvalue weighted by atomic mass is 9.97. The van der Waals surface area contributed by atoms with Crippen LogP contribution in [0.15, 0.2) is 6.07 Å². The second-order valence-corrected chi connectivity index (χ2v) is 5.29. The van der Waals surface area contributed by atoms with Gasteiger partial charge in [-0.3, -0.25) is 9.58 Å². The van der Waals surface area contributed by atoms with Gasteiger partial charge in [0.1, 0.15) is 0 Å². The molecule has 2 heterocycles. The normalized spacial score (nSPS) is 20.1. The van der Waals surface area contributed by atoms with Crippen molar-refractivity contribution in [2.24, 2.45) is 0 Å². The third kappa shape index (κ3) is 3.12. The van der Waals surface area contributed by atoms with Crippen molar-refractivity contribution in [3.63, 3.8) is 0 Å². The molecule has 104 valence electrons. The standard InChI is InChI=1S/C12H21N3O.C2H6/c1-5-9-6-10-7-14(4)8-11(12(2,3)16)15(10)13-9;1-2/h6,11,16H,5,7-8H2,1-4H3;1-2H3. The molecule has 1 atom stereocenters. The van der Waals surface area contributed by atoms with Crippen molar-refractivity contribution in [1.82, 2.24) is 14.7 Å². The Morgan fingerprint density at radius 2 is 2.06 bits per heavy atom. The molecule has 0 saturated heterocycles. The first-order valence-corrected chi connectivity index (χ1v) is 6.90. The Hall–Kier alpha value is -0.870. The Labute approximate surface area is 111 Å². The molecular formula is C14H27N3O. The van der Waals surface area contributed by atoms with E-state index < -0.39 is 5.60 Å². The first-order chi connectivity index (χ1) is 8.41. The number of nitrogens with zero attached hydrogens (tertiary/aromatic N) is 3. The number of aromatic nitrogens is 2. The number of likely N-dealkylation sites (N-methyl/N-ethyl adjacent to an activating group) is 1. The van der Waals surface area contributed by atoms with Gasteiger partial charge in [0.2, 0.25) is 0 Å². The minimum absolute atomic E-state index is 0.0431. The number of hydrogen-bond acceptors (Lipinski definition) is 3. The average Bonchev–Trinajstić information content (AvgIpc) is 2.72. The number of hydrogen-bond donors (Lipinski definition) is 1. The van der Waals surface area contributed by atoms with Gasteiger partial charge in [-0.25, -0.2) is 0 Å². The molecule has 0 fully saturated rings. The molecule has 1 aliphatic rings. The predicted octanol–water partition coefficient (Wildman–Crippen LogP) is 2.23. The third-order valence-corrected chi connectivity index (χ3v) is 3.25. The molecule has 4 heteroatoms. The van der Waals surface area contributed by atoms with Gasteiger partial charge in [-0.15, -0.1) is 0 Å². The molecule has 18 heavy (non-hydrogen) atoms. The maximum absolute atomic E-state index is 10.2. The third-order valence-electron chi connectivity index (χ3n) is 3.25. The van der Waals surface area contributed by atoms with Crippen molar-refractivity contribution < 1.29 is 5.11 Å². The van der Waals surface area contributed by atoms with Gasteiger partial charge in [0, 0.05) is 13.1 Å². The summed E-state index contributed by atoms with van der Waals surface area (Å²) in [7, 11) is 2.08. The highest BCUT2D eigenvalue weighted by Gasteiger charge is 2.35. The summed E-state index contributed by atoms with van der Waals surface area (Å²) in [6.07, 6.45) is 0.947. The lowest BCUT2D eigenvalue weighted by Gasteiger charge is -2.37. The van der Waals surface area contributed by atoms with Crippen molar-refractivity contribution in [3.05, 3.63) is 17.5 Å². The Balaban J connectivity index is 0.000000771. The Kier molecular flexibility index (Phi) is 4.93. The van der Waals surface area contributed by atoms with E-state index in [4.69, 9.17) is 0 Å². The highest BCUT2D eigenvalue weighted by molar-refractivity contribution is 5.14. The summed E-state index contributed by atoms with van der Waals surface area (Å²) in [6.45, 7) is 11.6. The molecular weight excluding hydrogens is 226 g/mol. The van der Waals surface area contributed by atoms with Gasteiger partial charge in [0.05, 0.1) is 23.0 Å². The van der Waals surface area contributed by atoms with Crippen molar-refractivity contribution in [2.75, 3.05) is 13.6 Å². The van der Waals surface area contributed by atoms with Crippen molar-refractivity contribution in [2.45, 2.75) is 59.2 Å². The minimum Gasteiger partial charge on any atom is -0.388 e. The summed E-state index contributed by atoms with van der Waals surface area (Å²) in [6, 6.07) is 2.19. The van der Waals surface area contributed by atoms with Crippen LogP contribution in [0.5, 0.6) is 0 Å². The number of rotatable bonds is 2. The second-order valence-electron chi connectivity index (χ2n) is 5.29. The molecule has 1 aliphatic heterocycles. The second kappa shape index (κ2) is 5.85. The van der Waals surface area contributed by atoms with Gasteiger partial charge in [-0.05, 0) is 33.4 Å². The summed E-state index contributed by atoms with van der Waals surface area (Å²) in [4.78, 5) is 2.24. The predicted molar refractivity (Wildman–Crippen MR) is 74.6 cm³/mol. The smallest absolute Gasteiger partial charge is 0.0930 e. The maximum atomic E-state index is 10.2. The van der Waals surface area contributed by atoms with E-state index in [0.717, 1.165) is 25.2 Å². The molecule has 0 amide bonds. The quantitative estimate of drug-likeness (QED) is 0.878. The fourth-order valence-corrected chi connectivity index (χ4v) is 2.29. The highest BCUT2D eigenvalue weighted by atomic mass is 16.3. The zero-order chi connectivity index (χ0) is 13.9. The van der Waals surface area contributed by atoms with E-state index in [1.54, 1.807) is 0 Å². The molecule has 0 spiro atoms. The van der Waals surface area contributed by atoms with E-state index in [9.17, 15) is 5.11 Å². The molecule has 0 radical (unpaired) electrons.